The number of rotatable bonds is 9. The maximum absolute atomic E-state index is 11.7. The smallest absolute Gasteiger partial charge is 0.344 e. The summed E-state index contributed by atoms with van der Waals surface area (Å²) in [6.45, 7) is -0.525. The van der Waals surface area contributed by atoms with Gasteiger partial charge in [-0.25, -0.2) is 4.79 Å². The van der Waals surface area contributed by atoms with Gasteiger partial charge in [0.1, 0.15) is 6.29 Å². The van der Waals surface area contributed by atoms with Gasteiger partial charge in [0.05, 0.1) is 7.11 Å². The molecule has 0 aliphatic carbocycles. The third-order valence-corrected chi connectivity index (χ3v) is 3.69. The van der Waals surface area contributed by atoms with Crippen LogP contribution in [0.2, 0.25) is 5.02 Å². The largest absolute Gasteiger partial charge is 0.493 e. The van der Waals surface area contributed by atoms with Crippen LogP contribution in [0.15, 0.2) is 42.5 Å². The number of carbonyl (C=O) groups excluding carboxylic acids is 3. The van der Waals surface area contributed by atoms with Crippen molar-refractivity contribution in [3.05, 3.63) is 58.6 Å². The molecule has 1 N–H and O–H groups in total. The topological polar surface area (TPSA) is 90.9 Å². The molecule has 1 amide bonds. The van der Waals surface area contributed by atoms with Crippen LogP contribution in [0, 0.1) is 0 Å². The number of esters is 1. The van der Waals surface area contributed by atoms with E-state index in [9.17, 15) is 14.4 Å². The highest BCUT2D eigenvalue weighted by atomic mass is 35.5. The third kappa shape index (κ3) is 6.63. The van der Waals surface area contributed by atoms with Crippen LogP contribution < -0.4 is 14.8 Å². The fraction of sp³-hybridized carbons (Fsp3) is 0.211. The van der Waals surface area contributed by atoms with Gasteiger partial charge in [0.25, 0.3) is 5.91 Å². The van der Waals surface area contributed by atoms with Crippen LogP contribution in [0.3, 0.4) is 0 Å². The van der Waals surface area contributed by atoms with Gasteiger partial charge in [-0.1, -0.05) is 23.7 Å². The molecule has 27 heavy (non-hydrogen) atoms. The number of carbonyl (C=O) groups is 3. The third-order valence-electron chi connectivity index (χ3n) is 3.44. The Morgan fingerprint density at radius 1 is 1.07 bits per heavy atom. The average Bonchev–Trinajstić information content (AvgIpc) is 2.70. The first-order valence-electron chi connectivity index (χ1n) is 7.94. The molecule has 0 saturated carbocycles. The quantitative estimate of drug-likeness (QED) is 0.521. The standard InChI is InChI=1S/C19H18ClNO6/c1-25-17-8-14(10-22)4-7-16(17)26-12-19(24)27-11-18(23)21-9-13-2-5-15(20)6-3-13/h2-8,10H,9,11-12H2,1H3,(H,21,23). The van der Waals surface area contributed by atoms with Crippen LogP contribution >= 0.6 is 11.6 Å². The highest BCUT2D eigenvalue weighted by Gasteiger charge is 2.11. The van der Waals surface area contributed by atoms with Gasteiger partial charge in [-0.05, 0) is 35.9 Å². The van der Waals surface area contributed by atoms with Crippen molar-refractivity contribution >= 4 is 29.8 Å². The number of hydrogen-bond acceptors (Lipinski definition) is 6. The van der Waals surface area contributed by atoms with E-state index in [-0.39, 0.29) is 5.75 Å². The number of nitrogens with one attached hydrogen (secondary N) is 1. The van der Waals surface area contributed by atoms with Crippen LogP contribution in [-0.4, -0.2) is 38.5 Å². The number of methoxy groups -OCH3 is 1. The van der Waals surface area contributed by atoms with E-state index in [1.807, 2.05) is 0 Å². The Morgan fingerprint density at radius 2 is 1.81 bits per heavy atom. The maximum atomic E-state index is 11.7. The van der Waals surface area contributed by atoms with Crippen molar-refractivity contribution in [2.45, 2.75) is 6.54 Å². The van der Waals surface area contributed by atoms with Gasteiger partial charge in [0.2, 0.25) is 0 Å². The van der Waals surface area contributed by atoms with E-state index >= 15 is 0 Å². The van der Waals surface area contributed by atoms with Crippen molar-refractivity contribution in [2.24, 2.45) is 0 Å². The summed E-state index contributed by atoms with van der Waals surface area (Å²) < 4.78 is 15.3. The van der Waals surface area contributed by atoms with Crippen molar-refractivity contribution in [3.8, 4) is 11.5 Å². The molecular weight excluding hydrogens is 374 g/mol. The maximum Gasteiger partial charge on any atom is 0.344 e. The van der Waals surface area contributed by atoms with Gasteiger partial charge < -0.3 is 19.5 Å². The Kier molecular flexibility index (Phi) is 7.63. The fourth-order valence-electron chi connectivity index (χ4n) is 2.06. The first-order valence-corrected chi connectivity index (χ1v) is 8.32. The Labute approximate surface area is 161 Å². The van der Waals surface area contributed by atoms with Crippen LogP contribution in [0.4, 0.5) is 0 Å². The monoisotopic (exact) mass is 391 g/mol. The summed E-state index contributed by atoms with van der Waals surface area (Å²) in [7, 11) is 1.42. The molecule has 0 aromatic heterocycles. The predicted octanol–water partition coefficient (Wildman–Crippen LogP) is 2.40. The van der Waals surface area contributed by atoms with Crippen LogP contribution in [0.25, 0.3) is 0 Å². The molecular formula is C19H18ClNO6. The number of hydrogen-bond donors (Lipinski definition) is 1. The van der Waals surface area contributed by atoms with Crippen molar-refractivity contribution in [1.29, 1.82) is 0 Å². The van der Waals surface area contributed by atoms with Crippen molar-refractivity contribution < 1.29 is 28.6 Å². The van der Waals surface area contributed by atoms with Gasteiger partial charge in [-0.15, -0.1) is 0 Å². The first kappa shape index (κ1) is 20.3. The second kappa shape index (κ2) is 10.2. The van der Waals surface area contributed by atoms with E-state index in [2.05, 4.69) is 5.32 Å². The van der Waals surface area contributed by atoms with Gasteiger partial charge in [0.15, 0.2) is 24.7 Å². The first-order chi connectivity index (χ1) is 13.0. The highest BCUT2D eigenvalue weighted by molar-refractivity contribution is 6.30. The Bertz CT molecular complexity index is 806. The lowest BCUT2D eigenvalue weighted by molar-refractivity contribution is -0.150. The molecule has 8 heteroatoms. The van der Waals surface area contributed by atoms with E-state index in [1.54, 1.807) is 24.3 Å². The average molecular weight is 392 g/mol. The van der Waals surface area contributed by atoms with E-state index < -0.39 is 25.1 Å². The molecule has 0 unspecified atom stereocenters. The molecule has 0 radical (unpaired) electrons. The summed E-state index contributed by atoms with van der Waals surface area (Å²) in [5.41, 5.74) is 1.28. The van der Waals surface area contributed by atoms with E-state index in [0.717, 1.165) is 5.56 Å². The summed E-state index contributed by atoms with van der Waals surface area (Å²) in [5, 5.41) is 3.23. The van der Waals surface area contributed by atoms with E-state index in [4.69, 9.17) is 25.8 Å². The Balaban J connectivity index is 1.73. The normalized spacial score (nSPS) is 10.0. The summed E-state index contributed by atoms with van der Waals surface area (Å²) in [4.78, 5) is 34.2. The second-order valence-electron chi connectivity index (χ2n) is 5.38. The highest BCUT2D eigenvalue weighted by Crippen LogP contribution is 2.27. The lowest BCUT2D eigenvalue weighted by Gasteiger charge is -2.11. The van der Waals surface area contributed by atoms with E-state index in [0.29, 0.717) is 29.2 Å². The summed E-state index contributed by atoms with van der Waals surface area (Å²) in [5.74, 6) is -0.551. The molecule has 0 bridgehead atoms. The van der Waals surface area contributed by atoms with Gasteiger partial charge in [-0.2, -0.15) is 0 Å². The molecule has 0 fully saturated rings. The zero-order valence-electron chi connectivity index (χ0n) is 14.6. The minimum absolute atomic E-state index is 0.284. The molecule has 2 aromatic carbocycles. The van der Waals surface area contributed by atoms with Crippen molar-refractivity contribution in [2.75, 3.05) is 20.3 Å². The van der Waals surface area contributed by atoms with Crippen molar-refractivity contribution in [1.82, 2.24) is 5.32 Å². The molecule has 0 aliphatic rings. The molecule has 0 atom stereocenters. The summed E-state index contributed by atoms with van der Waals surface area (Å²) >= 11 is 5.79. The number of aldehydes is 1. The molecule has 142 valence electrons. The number of benzene rings is 2. The molecule has 0 aliphatic heterocycles. The SMILES string of the molecule is COc1cc(C=O)ccc1OCC(=O)OCC(=O)NCc1ccc(Cl)cc1. The minimum Gasteiger partial charge on any atom is -0.493 e. The lowest BCUT2D eigenvalue weighted by Crippen LogP contribution is -2.29. The predicted molar refractivity (Wildman–Crippen MR) is 98.1 cm³/mol. The molecule has 2 rings (SSSR count). The van der Waals surface area contributed by atoms with Crippen LogP contribution in [-0.2, 0) is 20.9 Å². The van der Waals surface area contributed by atoms with Gasteiger partial charge >= 0.3 is 5.97 Å². The second-order valence-corrected chi connectivity index (χ2v) is 5.82. The zero-order chi connectivity index (χ0) is 19.6. The number of halogens is 1. The fourth-order valence-corrected chi connectivity index (χ4v) is 2.18. The summed E-state index contributed by atoms with van der Waals surface area (Å²) in [6.07, 6.45) is 0.670. The molecule has 0 heterocycles. The molecule has 2 aromatic rings. The molecule has 0 spiro atoms. The Morgan fingerprint density at radius 3 is 2.48 bits per heavy atom. The number of amides is 1. The minimum atomic E-state index is -0.710. The molecule has 0 saturated heterocycles. The van der Waals surface area contributed by atoms with E-state index in [1.165, 1.54) is 25.3 Å². The van der Waals surface area contributed by atoms with Gasteiger partial charge in [-0.3, -0.25) is 9.59 Å². The number of ether oxygens (including phenoxy) is 3. The zero-order valence-corrected chi connectivity index (χ0v) is 15.3. The van der Waals surface area contributed by atoms with Gasteiger partial charge in [0, 0.05) is 17.1 Å². The van der Waals surface area contributed by atoms with Crippen LogP contribution in [0.1, 0.15) is 15.9 Å². The lowest BCUT2D eigenvalue weighted by atomic mass is 10.2. The summed E-state index contributed by atoms with van der Waals surface area (Å²) in [6, 6.07) is 11.5. The Hall–Kier alpha value is -3.06. The van der Waals surface area contributed by atoms with Crippen LogP contribution in [0.5, 0.6) is 11.5 Å². The molecule has 7 nitrogen and oxygen atoms in total. The van der Waals surface area contributed by atoms with Crippen molar-refractivity contribution in [3.63, 3.8) is 0 Å².